The molecule has 0 atom stereocenters. The van der Waals surface area contributed by atoms with Gasteiger partial charge in [0.05, 0.1) is 11.8 Å². The normalized spacial score (nSPS) is 10.2. The average Bonchev–Trinajstić information content (AvgIpc) is 3.03. The second kappa shape index (κ2) is 5.40. The maximum Gasteiger partial charge on any atom is 0.258 e. The van der Waals surface area contributed by atoms with E-state index in [1.54, 1.807) is 6.20 Å². The summed E-state index contributed by atoms with van der Waals surface area (Å²) in [5.41, 5.74) is 3.54. The fourth-order valence-corrected chi connectivity index (χ4v) is 1.95. The van der Waals surface area contributed by atoms with Crippen LogP contribution in [0.4, 0.5) is 5.69 Å². The van der Waals surface area contributed by atoms with Gasteiger partial charge in [0.2, 0.25) is 0 Å². The monoisotopic (exact) mass is 263 g/mol. The molecular weight excluding hydrogens is 250 g/mol. The lowest BCUT2D eigenvalue weighted by Crippen LogP contribution is -2.10. The molecule has 0 aliphatic heterocycles. The highest BCUT2D eigenvalue weighted by Crippen LogP contribution is 2.21. The van der Waals surface area contributed by atoms with Crippen molar-refractivity contribution >= 4 is 11.6 Å². The molecule has 1 heterocycles. The van der Waals surface area contributed by atoms with E-state index in [0.717, 1.165) is 16.8 Å². The number of carbonyl (C=O) groups excluding carboxylic acids is 1. The molecule has 3 rings (SSSR count). The van der Waals surface area contributed by atoms with E-state index in [0.29, 0.717) is 5.56 Å². The molecule has 4 nitrogen and oxygen atoms in total. The van der Waals surface area contributed by atoms with Crippen LogP contribution < -0.4 is 5.32 Å². The van der Waals surface area contributed by atoms with Crippen molar-refractivity contribution in [2.24, 2.45) is 0 Å². The minimum Gasteiger partial charge on any atom is -0.322 e. The maximum absolute atomic E-state index is 11.9. The zero-order valence-electron chi connectivity index (χ0n) is 10.7. The van der Waals surface area contributed by atoms with Gasteiger partial charge in [0.25, 0.3) is 5.91 Å². The smallest absolute Gasteiger partial charge is 0.258 e. The Bertz CT molecular complexity index is 688. The standard InChI is InChI=1S/C16H13N3O/c20-16(14-10-17-18-11-14)19-15-8-6-13(7-9-15)12-4-2-1-3-5-12/h1-11H,(H,17,18)(H,19,20). The first-order valence-electron chi connectivity index (χ1n) is 6.28. The Labute approximate surface area is 116 Å². The van der Waals surface area contributed by atoms with Crippen molar-refractivity contribution in [3.05, 3.63) is 72.6 Å². The molecular formula is C16H13N3O. The summed E-state index contributed by atoms with van der Waals surface area (Å²) in [5, 5.41) is 9.19. The number of aromatic nitrogens is 2. The van der Waals surface area contributed by atoms with Gasteiger partial charge in [0, 0.05) is 11.9 Å². The van der Waals surface area contributed by atoms with Gasteiger partial charge < -0.3 is 5.32 Å². The first kappa shape index (κ1) is 12.2. The van der Waals surface area contributed by atoms with Crippen LogP contribution in [0.5, 0.6) is 0 Å². The highest BCUT2D eigenvalue weighted by atomic mass is 16.1. The summed E-state index contributed by atoms with van der Waals surface area (Å²) in [6.45, 7) is 0. The highest BCUT2D eigenvalue weighted by Gasteiger charge is 2.06. The van der Waals surface area contributed by atoms with Crippen LogP contribution in [0.2, 0.25) is 0 Å². The van der Waals surface area contributed by atoms with Gasteiger partial charge in [-0.1, -0.05) is 42.5 Å². The molecule has 20 heavy (non-hydrogen) atoms. The number of hydrogen-bond donors (Lipinski definition) is 2. The highest BCUT2D eigenvalue weighted by molar-refractivity contribution is 6.03. The van der Waals surface area contributed by atoms with Gasteiger partial charge in [-0.25, -0.2) is 0 Å². The third-order valence-corrected chi connectivity index (χ3v) is 3.01. The molecule has 0 aliphatic rings. The van der Waals surface area contributed by atoms with E-state index in [1.807, 2.05) is 42.5 Å². The van der Waals surface area contributed by atoms with E-state index in [2.05, 4.69) is 27.6 Å². The number of benzene rings is 2. The van der Waals surface area contributed by atoms with Gasteiger partial charge in [0.15, 0.2) is 0 Å². The van der Waals surface area contributed by atoms with Crippen molar-refractivity contribution in [2.75, 3.05) is 5.32 Å². The van der Waals surface area contributed by atoms with Crippen molar-refractivity contribution in [3.8, 4) is 11.1 Å². The van der Waals surface area contributed by atoms with Crippen LogP contribution in [-0.4, -0.2) is 16.1 Å². The summed E-state index contributed by atoms with van der Waals surface area (Å²) >= 11 is 0. The van der Waals surface area contributed by atoms with Crippen LogP contribution in [0, 0.1) is 0 Å². The molecule has 4 heteroatoms. The fraction of sp³-hybridized carbons (Fsp3) is 0. The molecule has 1 aromatic heterocycles. The number of amides is 1. The molecule has 0 saturated carbocycles. The third-order valence-electron chi connectivity index (χ3n) is 3.01. The predicted octanol–water partition coefficient (Wildman–Crippen LogP) is 3.33. The summed E-state index contributed by atoms with van der Waals surface area (Å²) in [5.74, 6) is -0.175. The number of H-pyrrole nitrogens is 1. The molecule has 3 aromatic rings. The summed E-state index contributed by atoms with van der Waals surface area (Å²) in [6.07, 6.45) is 3.06. The lowest BCUT2D eigenvalue weighted by atomic mass is 10.1. The first-order chi connectivity index (χ1) is 9.83. The van der Waals surface area contributed by atoms with E-state index in [-0.39, 0.29) is 5.91 Å². The molecule has 0 unspecified atom stereocenters. The second-order valence-corrected chi connectivity index (χ2v) is 4.38. The number of hydrogen-bond acceptors (Lipinski definition) is 2. The molecule has 0 aliphatic carbocycles. The van der Waals surface area contributed by atoms with Gasteiger partial charge in [-0.05, 0) is 23.3 Å². The van der Waals surface area contributed by atoms with Crippen LogP contribution >= 0.6 is 0 Å². The molecule has 1 amide bonds. The molecule has 0 fully saturated rings. The van der Waals surface area contributed by atoms with Gasteiger partial charge in [-0.2, -0.15) is 5.10 Å². The van der Waals surface area contributed by atoms with Gasteiger partial charge in [-0.3, -0.25) is 9.89 Å². The second-order valence-electron chi connectivity index (χ2n) is 4.38. The minimum atomic E-state index is -0.175. The van der Waals surface area contributed by atoms with E-state index < -0.39 is 0 Å². The van der Waals surface area contributed by atoms with E-state index in [1.165, 1.54) is 6.20 Å². The summed E-state index contributed by atoms with van der Waals surface area (Å²) in [4.78, 5) is 11.9. The predicted molar refractivity (Wildman–Crippen MR) is 78.4 cm³/mol. The average molecular weight is 263 g/mol. The molecule has 2 aromatic carbocycles. The topological polar surface area (TPSA) is 57.8 Å². The van der Waals surface area contributed by atoms with Crippen LogP contribution in [0.15, 0.2) is 67.0 Å². The third kappa shape index (κ3) is 2.59. The molecule has 0 bridgehead atoms. The quantitative estimate of drug-likeness (QED) is 0.761. The largest absolute Gasteiger partial charge is 0.322 e. The van der Waals surface area contributed by atoms with E-state index in [9.17, 15) is 4.79 Å². The Morgan fingerprint density at radius 1 is 0.950 bits per heavy atom. The Hall–Kier alpha value is -2.88. The summed E-state index contributed by atoms with van der Waals surface area (Å²) < 4.78 is 0. The number of anilines is 1. The van der Waals surface area contributed by atoms with E-state index >= 15 is 0 Å². The SMILES string of the molecule is O=C(Nc1ccc(-c2ccccc2)cc1)c1cn[nH]c1. The molecule has 2 N–H and O–H groups in total. The van der Waals surface area contributed by atoms with Crippen molar-refractivity contribution in [1.29, 1.82) is 0 Å². The summed E-state index contributed by atoms with van der Waals surface area (Å²) in [7, 11) is 0. The zero-order valence-corrected chi connectivity index (χ0v) is 10.7. The Morgan fingerprint density at radius 3 is 2.30 bits per heavy atom. The summed E-state index contributed by atoms with van der Waals surface area (Å²) in [6, 6.07) is 17.9. The van der Waals surface area contributed by atoms with Crippen LogP contribution in [0.3, 0.4) is 0 Å². The van der Waals surface area contributed by atoms with Crippen LogP contribution in [0.25, 0.3) is 11.1 Å². The molecule has 0 radical (unpaired) electrons. The Kier molecular flexibility index (Phi) is 3.29. The zero-order chi connectivity index (χ0) is 13.8. The van der Waals surface area contributed by atoms with Gasteiger partial charge in [0.1, 0.15) is 0 Å². The number of aromatic amines is 1. The lowest BCUT2D eigenvalue weighted by Gasteiger charge is -2.05. The Morgan fingerprint density at radius 2 is 1.65 bits per heavy atom. The molecule has 0 saturated heterocycles. The number of nitrogens with one attached hydrogen (secondary N) is 2. The molecule has 98 valence electrons. The number of carbonyl (C=O) groups is 1. The fourth-order valence-electron chi connectivity index (χ4n) is 1.95. The van der Waals surface area contributed by atoms with Gasteiger partial charge in [-0.15, -0.1) is 0 Å². The number of nitrogens with zero attached hydrogens (tertiary/aromatic N) is 1. The van der Waals surface area contributed by atoms with Crippen molar-refractivity contribution < 1.29 is 4.79 Å². The van der Waals surface area contributed by atoms with Crippen LogP contribution in [-0.2, 0) is 0 Å². The van der Waals surface area contributed by atoms with Crippen molar-refractivity contribution in [1.82, 2.24) is 10.2 Å². The lowest BCUT2D eigenvalue weighted by molar-refractivity contribution is 0.102. The van der Waals surface area contributed by atoms with E-state index in [4.69, 9.17) is 0 Å². The van der Waals surface area contributed by atoms with Gasteiger partial charge >= 0.3 is 0 Å². The van der Waals surface area contributed by atoms with Crippen LogP contribution in [0.1, 0.15) is 10.4 Å². The minimum absolute atomic E-state index is 0.175. The Balaban J connectivity index is 1.75. The first-order valence-corrected chi connectivity index (χ1v) is 6.28. The van der Waals surface area contributed by atoms with Crippen molar-refractivity contribution in [3.63, 3.8) is 0 Å². The molecule has 0 spiro atoms. The number of rotatable bonds is 3. The maximum atomic E-state index is 11.9. The van der Waals surface area contributed by atoms with Crippen molar-refractivity contribution in [2.45, 2.75) is 0 Å².